The molecule has 1 aromatic carbocycles. The molecule has 0 saturated heterocycles. The summed E-state index contributed by atoms with van der Waals surface area (Å²) in [6, 6.07) is 4.27. The molecule has 0 aliphatic carbocycles. The molecule has 1 aliphatic heterocycles. The SMILES string of the molecule is Cc1ccc2c(c1)OC(C)C(C)(F)C2(F)F. The second-order valence-electron chi connectivity index (χ2n) is 4.41. The average Bonchev–Trinajstić information content (AvgIpc) is 2.15. The molecule has 2 unspecified atom stereocenters. The van der Waals surface area contributed by atoms with E-state index in [0.29, 0.717) is 0 Å². The van der Waals surface area contributed by atoms with E-state index in [4.69, 9.17) is 4.74 Å². The van der Waals surface area contributed by atoms with Gasteiger partial charge in [0.05, 0.1) is 5.56 Å². The van der Waals surface area contributed by atoms with Crippen LogP contribution in [-0.2, 0) is 5.92 Å². The van der Waals surface area contributed by atoms with Gasteiger partial charge >= 0.3 is 5.92 Å². The monoisotopic (exact) mass is 230 g/mol. The highest BCUT2D eigenvalue weighted by molar-refractivity contribution is 5.44. The lowest BCUT2D eigenvalue weighted by atomic mass is 9.85. The van der Waals surface area contributed by atoms with E-state index < -0.39 is 17.7 Å². The fraction of sp³-hybridized carbons (Fsp3) is 0.500. The molecule has 2 rings (SSSR count). The molecule has 0 N–H and O–H groups in total. The zero-order valence-electron chi connectivity index (χ0n) is 9.35. The zero-order valence-corrected chi connectivity index (χ0v) is 9.35. The minimum atomic E-state index is -3.52. The number of hydrogen-bond acceptors (Lipinski definition) is 1. The van der Waals surface area contributed by atoms with Crippen molar-refractivity contribution in [3.63, 3.8) is 0 Å². The fourth-order valence-corrected chi connectivity index (χ4v) is 1.81. The first-order valence-electron chi connectivity index (χ1n) is 5.11. The maximum absolute atomic E-state index is 13.9. The molecule has 2 atom stereocenters. The summed E-state index contributed by atoms with van der Waals surface area (Å²) >= 11 is 0. The number of aryl methyl sites for hydroxylation is 1. The maximum atomic E-state index is 13.9. The van der Waals surface area contributed by atoms with E-state index in [9.17, 15) is 13.2 Å². The Balaban J connectivity index is 2.62. The molecule has 1 nitrogen and oxygen atoms in total. The summed E-state index contributed by atoms with van der Waals surface area (Å²) in [6.07, 6.45) is -1.17. The number of benzene rings is 1. The molecule has 1 aliphatic rings. The molecule has 0 spiro atoms. The van der Waals surface area contributed by atoms with Crippen molar-refractivity contribution >= 4 is 0 Å². The number of ether oxygens (including phenoxy) is 1. The minimum Gasteiger partial charge on any atom is -0.487 e. The molecule has 1 heterocycles. The van der Waals surface area contributed by atoms with Gasteiger partial charge in [0.1, 0.15) is 11.9 Å². The van der Waals surface area contributed by atoms with E-state index in [1.807, 2.05) is 0 Å². The van der Waals surface area contributed by atoms with Gasteiger partial charge in [0.2, 0.25) is 5.67 Å². The summed E-state index contributed by atoms with van der Waals surface area (Å²) in [7, 11) is 0. The summed E-state index contributed by atoms with van der Waals surface area (Å²) < 4.78 is 47.0. The highest BCUT2D eigenvalue weighted by atomic mass is 19.3. The Morgan fingerprint density at radius 1 is 1.25 bits per heavy atom. The van der Waals surface area contributed by atoms with Crippen LogP contribution in [0.3, 0.4) is 0 Å². The zero-order chi connectivity index (χ0) is 12.1. The van der Waals surface area contributed by atoms with Gasteiger partial charge in [-0.05, 0) is 38.5 Å². The Bertz CT molecular complexity index is 426. The van der Waals surface area contributed by atoms with Crippen molar-refractivity contribution in [2.24, 2.45) is 0 Å². The van der Waals surface area contributed by atoms with Gasteiger partial charge in [0.15, 0.2) is 0 Å². The molecule has 88 valence electrons. The van der Waals surface area contributed by atoms with E-state index in [-0.39, 0.29) is 11.3 Å². The third-order valence-electron chi connectivity index (χ3n) is 3.16. The number of halogens is 3. The van der Waals surface area contributed by atoms with Crippen molar-refractivity contribution in [2.75, 3.05) is 0 Å². The van der Waals surface area contributed by atoms with Crippen LogP contribution in [0.4, 0.5) is 13.2 Å². The van der Waals surface area contributed by atoms with Gasteiger partial charge in [-0.1, -0.05) is 6.07 Å². The van der Waals surface area contributed by atoms with E-state index in [1.54, 1.807) is 6.92 Å². The molecular weight excluding hydrogens is 217 g/mol. The van der Waals surface area contributed by atoms with Crippen LogP contribution in [0.25, 0.3) is 0 Å². The van der Waals surface area contributed by atoms with Crippen molar-refractivity contribution in [1.82, 2.24) is 0 Å². The van der Waals surface area contributed by atoms with Crippen LogP contribution in [-0.4, -0.2) is 11.8 Å². The third-order valence-corrected chi connectivity index (χ3v) is 3.16. The van der Waals surface area contributed by atoms with Gasteiger partial charge < -0.3 is 4.74 Å². The lowest BCUT2D eigenvalue weighted by molar-refractivity contribution is -0.188. The van der Waals surface area contributed by atoms with E-state index in [2.05, 4.69) is 0 Å². The first kappa shape index (κ1) is 11.3. The van der Waals surface area contributed by atoms with Crippen LogP contribution in [0, 0.1) is 6.92 Å². The molecule has 0 saturated carbocycles. The van der Waals surface area contributed by atoms with Crippen molar-refractivity contribution < 1.29 is 17.9 Å². The molecule has 0 amide bonds. The first-order valence-corrected chi connectivity index (χ1v) is 5.11. The van der Waals surface area contributed by atoms with Gasteiger partial charge in [-0.2, -0.15) is 8.78 Å². The standard InChI is InChI=1S/C12H13F3O/c1-7-4-5-9-10(6-7)16-8(2)11(3,13)12(9,14)15/h4-6,8H,1-3H3. The number of alkyl halides is 3. The summed E-state index contributed by atoms with van der Waals surface area (Å²) in [4.78, 5) is 0. The first-order chi connectivity index (χ1) is 7.26. The van der Waals surface area contributed by atoms with Crippen molar-refractivity contribution in [2.45, 2.75) is 38.5 Å². The number of hydrogen-bond donors (Lipinski definition) is 0. The van der Waals surface area contributed by atoms with E-state index >= 15 is 0 Å². The van der Waals surface area contributed by atoms with E-state index in [1.165, 1.54) is 25.1 Å². The predicted octanol–water partition coefficient (Wildman–Crippen LogP) is 3.60. The summed E-state index contributed by atoms with van der Waals surface area (Å²) in [5, 5.41) is 0. The number of fused-ring (bicyclic) bond motifs is 1. The summed E-state index contributed by atoms with van der Waals surface area (Å²) in [5.41, 5.74) is -2.25. The molecule has 4 heteroatoms. The maximum Gasteiger partial charge on any atom is 0.313 e. The molecule has 0 fully saturated rings. The Morgan fingerprint density at radius 2 is 1.88 bits per heavy atom. The molecular formula is C12H13F3O. The minimum absolute atomic E-state index is 0.0765. The quantitative estimate of drug-likeness (QED) is 0.661. The van der Waals surface area contributed by atoms with E-state index in [0.717, 1.165) is 12.5 Å². The Morgan fingerprint density at radius 3 is 2.50 bits per heavy atom. The van der Waals surface area contributed by atoms with Crippen LogP contribution in [0.5, 0.6) is 5.75 Å². The van der Waals surface area contributed by atoms with Crippen LogP contribution in [0.15, 0.2) is 18.2 Å². The van der Waals surface area contributed by atoms with Gasteiger partial charge in [0.25, 0.3) is 0 Å². The Hall–Kier alpha value is -1.19. The second-order valence-corrected chi connectivity index (χ2v) is 4.41. The average molecular weight is 230 g/mol. The number of rotatable bonds is 0. The Labute approximate surface area is 92.2 Å². The van der Waals surface area contributed by atoms with Crippen molar-refractivity contribution in [3.05, 3.63) is 29.3 Å². The highest BCUT2D eigenvalue weighted by Gasteiger charge is 2.60. The predicted molar refractivity (Wildman–Crippen MR) is 54.7 cm³/mol. The van der Waals surface area contributed by atoms with Crippen LogP contribution < -0.4 is 4.74 Å². The largest absolute Gasteiger partial charge is 0.487 e. The lowest BCUT2D eigenvalue weighted by Gasteiger charge is -2.40. The molecule has 0 radical (unpaired) electrons. The third kappa shape index (κ3) is 1.32. The molecule has 0 bridgehead atoms. The van der Waals surface area contributed by atoms with Gasteiger partial charge in [-0.3, -0.25) is 0 Å². The Kier molecular flexibility index (Phi) is 2.23. The lowest BCUT2D eigenvalue weighted by Crippen LogP contribution is -2.53. The molecule has 0 aromatic heterocycles. The fourth-order valence-electron chi connectivity index (χ4n) is 1.81. The van der Waals surface area contributed by atoms with Gasteiger partial charge in [-0.15, -0.1) is 0 Å². The highest BCUT2D eigenvalue weighted by Crippen LogP contribution is 2.51. The van der Waals surface area contributed by atoms with Gasteiger partial charge in [-0.25, -0.2) is 4.39 Å². The normalized spacial score (nSPS) is 31.8. The van der Waals surface area contributed by atoms with Crippen LogP contribution in [0.2, 0.25) is 0 Å². The van der Waals surface area contributed by atoms with Crippen LogP contribution in [0.1, 0.15) is 25.0 Å². The topological polar surface area (TPSA) is 9.23 Å². The van der Waals surface area contributed by atoms with Crippen molar-refractivity contribution in [1.29, 1.82) is 0 Å². The summed E-state index contributed by atoms with van der Waals surface area (Å²) in [5.74, 6) is -3.44. The van der Waals surface area contributed by atoms with Crippen molar-refractivity contribution in [3.8, 4) is 5.75 Å². The molecule has 16 heavy (non-hydrogen) atoms. The summed E-state index contributed by atoms with van der Waals surface area (Å²) in [6.45, 7) is 3.97. The van der Waals surface area contributed by atoms with Crippen LogP contribution >= 0.6 is 0 Å². The second kappa shape index (κ2) is 3.15. The molecule has 1 aromatic rings. The smallest absolute Gasteiger partial charge is 0.313 e. The van der Waals surface area contributed by atoms with Gasteiger partial charge in [0, 0.05) is 0 Å².